The van der Waals surface area contributed by atoms with Gasteiger partial charge in [-0.25, -0.2) is 0 Å². The SMILES string of the molecule is CC=CC(=O)Nc1ccccc1CN(C)C(C)=O. The lowest BCUT2D eigenvalue weighted by Gasteiger charge is -2.17. The van der Waals surface area contributed by atoms with Gasteiger partial charge >= 0.3 is 0 Å². The standard InChI is InChI=1S/C14H18N2O2/c1-4-7-14(18)15-13-9-6-5-8-12(13)10-16(3)11(2)17/h4-9H,10H2,1-3H3,(H,15,18). The number of carbonyl (C=O) groups is 2. The number of hydrogen-bond donors (Lipinski definition) is 1. The topological polar surface area (TPSA) is 49.4 Å². The molecule has 0 unspecified atom stereocenters. The van der Waals surface area contributed by atoms with Crippen LogP contribution in [0.4, 0.5) is 5.69 Å². The maximum atomic E-state index is 11.5. The number of anilines is 1. The van der Waals surface area contributed by atoms with Crippen molar-refractivity contribution in [1.82, 2.24) is 4.90 Å². The average molecular weight is 246 g/mol. The highest BCUT2D eigenvalue weighted by Gasteiger charge is 2.08. The molecule has 0 aliphatic carbocycles. The lowest BCUT2D eigenvalue weighted by atomic mass is 10.1. The number of nitrogens with one attached hydrogen (secondary N) is 1. The van der Waals surface area contributed by atoms with Crippen molar-refractivity contribution in [3.05, 3.63) is 42.0 Å². The fourth-order valence-electron chi connectivity index (χ4n) is 1.47. The third-order valence-electron chi connectivity index (χ3n) is 2.54. The van der Waals surface area contributed by atoms with Crippen LogP contribution in [-0.2, 0) is 16.1 Å². The van der Waals surface area contributed by atoms with Crippen molar-refractivity contribution in [1.29, 1.82) is 0 Å². The summed E-state index contributed by atoms with van der Waals surface area (Å²) < 4.78 is 0. The number of rotatable bonds is 4. The van der Waals surface area contributed by atoms with Gasteiger partial charge in [-0.3, -0.25) is 9.59 Å². The van der Waals surface area contributed by atoms with Gasteiger partial charge in [0.2, 0.25) is 11.8 Å². The van der Waals surface area contributed by atoms with Crippen molar-refractivity contribution < 1.29 is 9.59 Å². The van der Waals surface area contributed by atoms with Gasteiger partial charge in [-0.2, -0.15) is 0 Å². The lowest BCUT2D eigenvalue weighted by molar-refractivity contribution is -0.128. The first-order chi connectivity index (χ1) is 8.54. The van der Waals surface area contributed by atoms with Crippen molar-refractivity contribution in [3.63, 3.8) is 0 Å². The Kier molecular flexibility index (Phi) is 5.11. The largest absolute Gasteiger partial charge is 0.342 e. The number of nitrogens with zero attached hydrogens (tertiary/aromatic N) is 1. The third kappa shape index (κ3) is 4.05. The van der Waals surface area contributed by atoms with E-state index in [1.807, 2.05) is 24.3 Å². The Labute approximate surface area is 107 Å². The summed E-state index contributed by atoms with van der Waals surface area (Å²) in [6.07, 6.45) is 3.14. The molecule has 0 aliphatic heterocycles. The van der Waals surface area contributed by atoms with Gasteiger partial charge < -0.3 is 10.2 Å². The van der Waals surface area contributed by atoms with Gasteiger partial charge in [0.05, 0.1) is 0 Å². The summed E-state index contributed by atoms with van der Waals surface area (Å²) in [5, 5.41) is 2.79. The maximum absolute atomic E-state index is 11.5. The van der Waals surface area contributed by atoms with E-state index in [9.17, 15) is 9.59 Å². The van der Waals surface area contributed by atoms with E-state index in [0.29, 0.717) is 6.54 Å². The molecule has 0 saturated carbocycles. The zero-order valence-electron chi connectivity index (χ0n) is 10.9. The molecular formula is C14H18N2O2. The van der Waals surface area contributed by atoms with E-state index >= 15 is 0 Å². The Balaban J connectivity index is 2.85. The molecule has 0 radical (unpaired) electrons. The molecule has 0 saturated heterocycles. The van der Waals surface area contributed by atoms with Crippen LogP contribution in [-0.4, -0.2) is 23.8 Å². The Hall–Kier alpha value is -2.10. The smallest absolute Gasteiger partial charge is 0.248 e. The van der Waals surface area contributed by atoms with Crippen molar-refractivity contribution >= 4 is 17.5 Å². The second-order valence-corrected chi connectivity index (χ2v) is 4.02. The monoisotopic (exact) mass is 246 g/mol. The van der Waals surface area contributed by atoms with Crippen molar-refractivity contribution in [3.8, 4) is 0 Å². The minimum atomic E-state index is -0.171. The first-order valence-electron chi connectivity index (χ1n) is 5.78. The summed E-state index contributed by atoms with van der Waals surface area (Å²) in [5.41, 5.74) is 1.64. The van der Waals surface area contributed by atoms with Crippen LogP contribution in [0.15, 0.2) is 36.4 Å². The minimum Gasteiger partial charge on any atom is -0.342 e. The van der Waals surface area contributed by atoms with E-state index in [4.69, 9.17) is 0 Å². The molecule has 4 heteroatoms. The second-order valence-electron chi connectivity index (χ2n) is 4.02. The molecule has 0 aromatic heterocycles. The summed E-state index contributed by atoms with van der Waals surface area (Å²) in [6.45, 7) is 3.78. The zero-order valence-corrected chi connectivity index (χ0v) is 10.9. The van der Waals surface area contributed by atoms with Gasteiger partial charge in [0.15, 0.2) is 0 Å². The summed E-state index contributed by atoms with van der Waals surface area (Å²) in [6, 6.07) is 7.45. The summed E-state index contributed by atoms with van der Waals surface area (Å²) in [7, 11) is 1.73. The van der Waals surface area contributed by atoms with Crippen molar-refractivity contribution in [2.75, 3.05) is 12.4 Å². The average Bonchev–Trinajstić information content (AvgIpc) is 2.31. The number of benzene rings is 1. The van der Waals surface area contributed by atoms with Gasteiger partial charge in [-0.1, -0.05) is 24.3 Å². The summed E-state index contributed by atoms with van der Waals surface area (Å²) in [4.78, 5) is 24.3. The Morgan fingerprint density at radius 2 is 2.00 bits per heavy atom. The molecule has 1 rings (SSSR count). The van der Waals surface area contributed by atoms with Crippen LogP contribution in [0.1, 0.15) is 19.4 Å². The lowest BCUT2D eigenvalue weighted by Crippen LogP contribution is -2.24. The predicted molar refractivity (Wildman–Crippen MR) is 72.0 cm³/mol. The zero-order chi connectivity index (χ0) is 13.5. The predicted octanol–water partition coefficient (Wildman–Crippen LogP) is 2.18. The first-order valence-corrected chi connectivity index (χ1v) is 5.78. The molecule has 4 nitrogen and oxygen atoms in total. The highest BCUT2D eigenvalue weighted by atomic mass is 16.2. The van der Waals surface area contributed by atoms with Crippen LogP contribution in [0, 0.1) is 0 Å². The van der Waals surface area contributed by atoms with Gasteiger partial charge in [0.1, 0.15) is 0 Å². The van der Waals surface area contributed by atoms with E-state index in [-0.39, 0.29) is 11.8 Å². The molecule has 1 aromatic carbocycles. The third-order valence-corrected chi connectivity index (χ3v) is 2.54. The molecule has 0 spiro atoms. The van der Waals surface area contributed by atoms with E-state index in [1.54, 1.807) is 24.9 Å². The van der Waals surface area contributed by atoms with Crippen molar-refractivity contribution in [2.24, 2.45) is 0 Å². The molecule has 0 heterocycles. The number of para-hydroxylation sites is 1. The van der Waals surface area contributed by atoms with Crippen LogP contribution in [0.25, 0.3) is 0 Å². The highest BCUT2D eigenvalue weighted by molar-refractivity contribution is 5.99. The molecule has 18 heavy (non-hydrogen) atoms. The number of allylic oxidation sites excluding steroid dienone is 1. The fourth-order valence-corrected chi connectivity index (χ4v) is 1.47. The molecule has 0 bridgehead atoms. The normalized spacial score (nSPS) is 10.4. The van der Waals surface area contributed by atoms with Crippen LogP contribution in [0.2, 0.25) is 0 Å². The number of carbonyl (C=O) groups excluding carboxylic acids is 2. The van der Waals surface area contributed by atoms with Crippen LogP contribution >= 0.6 is 0 Å². The molecule has 96 valence electrons. The van der Waals surface area contributed by atoms with Gasteiger partial charge in [-0.15, -0.1) is 0 Å². The Bertz CT molecular complexity index is 467. The highest BCUT2D eigenvalue weighted by Crippen LogP contribution is 2.16. The molecule has 1 N–H and O–H groups in total. The van der Waals surface area contributed by atoms with Crippen LogP contribution < -0.4 is 5.32 Å². The summed E-state index contributed by atoms with van der Waals surface area (Å²) in [5.74, 6) is -0.181. The molecule has 0 atom stereocenters. The van der Waals surface area contributed by atoms with E-state index < -0.39 is 0 Å². The molecular weight excluding hydrogens is 228 g/mol. The molecule has 0 fully saturated rings. The quantitative estimate of drug-likeness (QED) is 0.828. The second kappa shape index (κ2) is 6.59. The van der Waals surface area contributed by atoms with E-state index in [0.717, 1.165) is 11.3 Å². The Morgan fingerprint density at radius 3 is 2.61 bits per heavy atom. The first kappa shape index (κ1) is 14.0. The maximum Gasteiger partial charge on any atom is 0.248 e. The Morgan fingerprint density at radius 1 is 1.33 bits per heavy atom. The molecule has 2 amide bonds. The van der Waals surface area contributed by atoms with Gasteiger partial charge in [0.25, 0.3) is 0 Å². The number of amides is 2. The van der Waals surface area contributed by atoms with Crippen LogP contribution in [0.3, 0.4) is 0 Å². The van der Waals surface area contributed by atoms with E-state index in [1.165, 1.54) is 13.0 Å². The minimum absolute atomic E-state index is 0.00964. The van der Waals surface area contributed by atoms with Gasteiger partial charge in [0, 0.05) is 26.2 Å². The van der Waals surface area contributed by atoms with E-state index in [2.05, 4.69) is 5.32 Å². The van der Waals surface area contributed by atoms with Crippen molar-refractivity contribution in [2.45, 2.75) is 20.4 Å². The van der Waals surface area contributed by atoms with Gasteiger partial charge in [-0.05, 0) is 24.6 Å². The summed E-state index contributed by atoms with van der Waals surface area (Å²) >= 11 is 0. The fraction of sp³-hybridized carbons (Fsp3) is 0.286. The molecule has 1 aromatic rings. The molecule has 0 aliphatic rings. The number of hydrogen-bond acceptors (Lipinski definition) is 2. The van der Waals surface area contributed by atoms with Crippen LogP contribution in [0.5, 0.6) is 0 Å².